The molecule has 1 aromatic carbocycles. The van der Waals surface area contributed by atoms with Crippen LogP contribution in [0.3, 0.4) is 0 Å². The number of unbranched alkanes of at least 4 members (excludes halogenated alkanes) is 1. The van der Waals surface area contributed by atoms with Gasteiger partial charge in [0.15, 0.2) is 11.5 Å². The van der Waals surface area contributed by atoms with E-state index in [0.717, 1.165) is 66.3 Å². The predicted molar refractivity (Wildman–Crippen MR) is 126 cm³/mol. The maximum atomic E-state index is 13.2. The molecule has 0 saturated carbocycles. The quantitative estimate of drug-likeness (QED) is 0.611. The van der Waals surface area contributed by atoms with E-state index in [2.05, 4.69) is 17.9 Å². The van der Waals surface area contributed by atoms with Crippen LogP contribution in [-0.4, -0.2) is 53.7 Å². The van der Waals surface area contributed by atoms with Crippen LogP contribution in [0, 0.1) is 0 Å². The van der Waals surface area contributed by atoms with Crippen molar-refractivity contribution >= 4 is 33.1 Å². The first-order valence-corrected chi connectivity index (χ1v) is 12.0. The highest BCUT2D eigenvalue weighted by molar-refractivity contribution is 7.21. The van der Waals surface area contributed by atoms with E-state index >= 15 is 0 Å². The third-order valence-corrected chi connectivity index (χ3v) is 7.24. The lowest BCUT2D eigenvalue weighted by Gasteiger charge is -2.34. The molecule has 0 atom stereocenters. The standard InChI is InChI=1S/C24H28N4O3S/c1-2-3-4-17-6-7-18-21(25)22(32-23(18)26-17)24(29)28-11-9-27(10-12-28)14-16-5-8-19-20(13-16)31-15-30-19/h5-8,13H,2-4,9-12,14-15,25H2,1H3. The van der Waals surface area contributed by atoms with E-state index in [1.54, 1.807) is 0 Å². The Bertz CT molecular complexity index is 1140. The van der Waals surface area contributed by atoms with E-state index in [1.807, 2.05) is 29.2 Å². The van der Waals surface area contributed by atoms with Gasteiger partial charge < -0.3 is 20.1 Å². The molecular formula is C24H28N4O3S. The van der Waals surface area contributed by atoms with Crippen LogP contribution < -0.4 is 15.2 Å². The fourth-order valence-electron chi connectivity index (χ4n) is 4.24. The number of hydrogen-bond donors (Lipinski definition) is 1. The van der Waals surface area contributed by atoms with Gasteiger partial charge in [-0.25, -0.2) is 4.98 Å². The summed E-state index contributed by atoms with van der Waals surface area (Å²) in [6.45, 7) is 6.31. The van der Waals surface area contributed by atoms with Gasteiger partial charge in [-0.05, 0) is 42.7 Å². The number of aromatic nitrogens is 1. The van der Waals surface area contributed by atoms with Crippen LogP contribution in [0.2, 0.25) is 0 Å². The molecule has 1 amide bonds. The molecule has 1 fully saturated rings. The number of anilines is 1. The van der Waals surface area contributed by atoms with Gasteiger partial charge in [0, 0.05) is 43.8 Å². The van der Waals surface area contributed by atoms with Gasteiger partial charge in [0.1, 0.15) is 9.71 Å². The summed E-state index contributed by atoms with van der Waals surface area (Å²) in [5, 5.41) is 0.889. The maximum Gasteiger partial charge on any atom is 0.266 e. The first-order valence-electron chi connectivity index (χ1n) is 11.2. The molecule has 168 valence electrons. The summed E-state index contributed by atoms with van der Waals surface area (Å²) >= 11 is 1.42. The normalized spacial score (nSPS) is 16.1. The van der Waals surface area contributed by atoms with E-state index in [4.69, 9.17) is 20.2 Å². The molecule has 3 aromatic rings. The van der Waals surface area contributed by atoms with Crippen molar-refractivity contribution in [2.24, 2.45) is 0 Å². The first-order chi connectivity index (χ1) is 15.6. The van der Waals surface area contributed by atoms with Crippen LogP contribution >= 0.6 is 11.3 Å². The Morgan fingerprint density at radius 1 is 1.12 bits per heavy atom. The monoisotopic (exact) mass is 452 g/mol. The van der Waals surface area contributed by atoms with Gasteiger partial charge in [0.25, 0.3) is 5.91 Å². The average molecular weight is 453 g/mol. The summed E-state index contributed by atoms with van der Waals surface area (Å²) in [5.41, 5.74) is 9.18. The third kappa shape index (κ3) is 4.12. The van der Waals surface area contributed by atoms with Gasteiger partial charge in [-0.3, -0.25) is 9.69 Å². The highest BCUT2D eigenvalue weighted by atomic mass is 32.1. The minimum atomic E-state index is 0.0170. The Morgan fingerprint density at radius 3 is 2.75 bits per heavy atom. The number of benzene rings is 1. The number of piperazine rings is 1. The molecule has 7 nitrogen and oxygen atoms in total. The van der Waals surface area contributed by atoms with Crippen LogP contribution in [0.1, 0.15) is 40.7 Å². The number of amides is 1. The molecule has 2 aliphatic rings. The van der Waals surface area contributed by atoms with Crippen LogP contribution in [0.5, 0.6) is 11.5 Å². The number of nitrogens with two attached hydrogens (primary N) is 1. The topological polar surface area (TPSA) is 80.9 Å². The number of hydrogen-bond acceptors (Lipinski definition) is 7. The fourth-order valence-corrected chi connectivity index (χ4v) is 5.32. The van der Waals surface area contributed by atoms with E-state index < -0.39 is 0 Å². The van der Waals surface area contributed by atoms with Gasteiger partial charge >= 0.3 is 0 Å². The Hall–Kier alpha value is -2.84. The van der Waals surface area contributed by atoms with Crippen molar-refractivity contribution in [3.63, 3.8) is 0 Å². The summed E-state index contributed by atoms with van der Waals surface area (Å²) in [6, 6.07) is 10.1. The Morgan fingerprint density at radius 2 is 1.94 bits per heavy atom. The minimum absolute atomic E-state index is 0.0170. The van der Waals surface area contributed by atoms with Crippen molar-refractivity contribution in [2.45, 2.75) is 32.7 Å². The fraction of sp³-hybridized carbons (Fsp3) is 0.417. The van der Waals surface area contributed by atoms with E-state index in [1.165, 1.54) is 16.9 Å². The van der Waals surface area contributed by atoms with Crippen LogP contribution in [0.15, 0.2) is 30.3 Å². The maximum absolute atomic E-state index is 13.2. The number of nitrogens with zero attached hydrogens (tertiary/aromatic N) is 3. The molecule has 8 heteroatoms. The number of pyridine rings is 1. The minimum Gasteiger partial charge on any atom is -0.454 e. The Kier molecular flexibility index (Phi) is 5.89. The van der Waals surface area contributed by atoms with Crippen LogP contribution in [-0.2, 0) is 13.0 Å². The second-order valence-electron chi connectivity index (χ2n) is 8.36. The predicted octanol–water partition coefficient (Wildman–Crippen LogP) is 3.91. The molecule has 1 saturated heterocycles. The second-order valence-corrected chi connectivity index (χ2v) is 9.36. The molecule has 0 bridgehead atoms. The lowest BCUT2D eigenvalue weighted by molar-refractivity contribution is 0.0634. The Balaban J connectivity index is 1.23. The molecular weight excluding hydrogens is 424 g/mol. The van der Waals surface area contributed by atoms with Gasteiger partial charge in [-0.1, -0.05) is 19.4 Å². The van der Waals surface area contributed by atoms with E-state index in [9.17, 15) is 4.79 Å². The van der Waals surface area contributed by atoms with E-state index in [0.29, 0.717) is 23.7 Å². The summed E-state index contributed by atoms with van der Waals surface area (Å²) < 4.78 is 10.9. The van der Waals surface area contributed by atoms with Gasteiger partial charge in [-0.15, -0.1) is 11.3 Å². The van der Waals surface area contributed by atoms with Crippen molar-refractivity contribution < 1.29 is 14.3 Å². The SMILES string of the molecule is CCCCc1ccc2c(N)c(C(=O)N3CCN(Cc4ccc5c(c4)OCO5)CC3)sc2n1. The molecule has 32 heavy (non-hydrogen) atoms. The lowest BCUT2D eigenvalue weighted by atomic mass is 10.1. The Labute approximate surface area is 191 Å². The van der Waals surface area contributed by atoms with Crippen molar-refractivity contribution in [2.75, 3.05) is 38.7 Å². The molecule has 4 heterocycles. The number of rotatable bonds is 6. The highest BCUT2D eigenvalue weighted by Crippen LogP contribution is 2.35. The highest BCUT2D eigenvalue weighted by Gasteiger charge is 2.26. The zero-order valence-corrected chi connectivity index (χ0v) is 19.1. The summed E-state index contributed by atoms with van der Waals surface area (Å²) in [7, 11) is 0. The summed E-state index contributed by atoms with van der Waals surface area (Å²) in [4.78, 5) is 23.7. The number of fused-ring (bicyclic) bond motifs is 2. The van der Waals surface area contributed by atoms with Crippen molar-refractivity contribution in [1.29, 1.82) is 0 Å². The molecule has 2 N–H and O–H groups in total. The van der Waals surface area contributed by atoms with E-state index in [-0.39, 0.29) is 12.7 Å². The van der Waals surface area contributed by atoms with Crippen LogP contribution in [0.25, 0.3) is 10.2 Å². The van der Waals surface area contributed by atoms with Gasteiger partial charge in [0.2, 0.25) is 6.79 Å². The van der Waals surface area contributed by atoms with Crippen molar-refractivity contribution in [1.82, 2.24) is 14.8 Å². The smallest absolute Gasteiger partial charge is 0.266 e. The lowest BCUT2D eigenvalue weighted by Crippen LogP contribution is -2.48. The third-order valence-electron chi connectivity index (χ3n) is 6.13. The number of carbonyl (C=O) groups excluding carboxylic acids is 1. The summed E-state index contributed by atoms with van der Waals surface area (Å²) in [6.07, 6.45) is 3.21. The van der Waals surface area contributed by atoms with Gasteiger partial charge in [-0.2, -0.15) is 0 Å². The molecule has 0 aliphatic carbocycles. The summed E-state index contributed by atoms with van der Waals surface area (Å²) in [5.74, 6) is 1.63. The van der Waals surface area contributed by atoms with Crippen molar-refractivity contribution in [3.05, 3.63) is 46.5 Å². The molecule has 5 rings (SSSR count). The van der Waals surface area contributed by atoms with Crippen molar-refractivity contribution in [3.8, 4) is 11.5 Å². The number of ether oxygens (including phenoxy) is 2. The zero-order valence-electron chi connectivity index (χ0n) is 18.3. The molecule has 2 aromatic heterocycles. The first kappa shape index (κ1) is 21.0. The number of carbonyl (C=O) groups is 1. The zero-order chi connectivity index (χ0) is 22.1. The van der Waals surface area contributed by atoms with Crippen LogP contribution in [0.4, 0.5) is 5.69 Å². The molecule has 0 radical (unpaired) electrons. The molecule has 2 aliphatic heterocycles. The number of aryl methyl sites for hydroxylation is 1. The largest absolute Gasteiger partial charge is 0.454 e. The number of nitrogen functional groups attached to an aromatic ring is 1. The average Bonchev–Trinajstić information content (AvgIpc) is 3.41. The second kappa shape index (κ2) is 8.96. The number of thiophene rings is 1. The molecule has 0 unspecified atom stereocenters. The van der Waals surface area contributed by atoms with Gasteiger partial charge in [0.05, 0.1) is 5.69 Å². The molecule has 0 spiro atoms.